The van der Waals surface area contributed by atoms with Gasteiger partial charge in [0.1, 0.15) is 5.56 Å². The van der Waals surface area contributed by atoms with E-state index in [0.717, 1.165) is 12.1 Å². The molecule has 0 saturated carbocycles. The van der Waals surface area contributed by atoms with E-state index in [9.17, 15) is 9.18 Å². The molecule has 0 heterocycles. The molecule has 0 atom stereocenters. The largest absolute Gasteiger partial charge is 0.504 e. The van der Waals surface area contributed by atoms with Crippen LogP contribution in [0.1, 0.15) is 15.9 Å². The SMILES string of the molecule is N#CCc1cc(F)c(O)c(C(=O)O)c1. The van der Waals surface area contributed by atoms with Crippen LogP contribution in [0.15, 0.2) is 12.1 Å². The smallest absolute Gasteiger partial charge is 0.339 e. The normalized spacial score (nSPS) is 9.43. The molecule has 0 fully saturated rings. The topological polar surface area (TPSA) is 81.3 Å². The lowest BCUT2D eigenvalue weighted by atomic mass is 10.1. The number of phenols is 1. The van der Waals surface area contributed by atoms with Gasteiger partial charge in [-0.15, -0.1) is 0 Å². The number of hydrogen-bond donors (Lipinski definition) is 2. The Morgan fingerprint density at radius 1 is 1.57 bits per heavy atom. The molecular weight excluding hydrogens is 189 g/mol. The molecule has 0 aliphatic heterocycles. The number of rotatable bonds is 2. The zero-order valence-corrected chi connectivity index (χ0v) is 6.99. The molecule has 0 aliphatic carbocycles. The summed E-state index contributed by atoms with van der Waals surface area (Å²) in [5, 5.41) is 25.9. The molecule has 0 amide bonds. The number of nitriles is 1. The second-order valence-corrected chi connectivity index (χ2v) is 2.61. The lowest BCUT2D eigenvalue weighted by Gasteiger charge is -2.02. The van der Waals surface area contributed by atoms with Crippen molar-refractivity contribution in [2.45, 2.75) is 6.42 Å². The molecule has 0 radical (unpaired) electrons. The van der Waals surface area contributed by atoms with Crippen LogP contribution in [0.5, 0.6) is 5.75 Å². The summed E-state index contributed by atoms with van der Waals surface area (Å²) in [6, 6.07) is 3.76. The van der Waals surface area contributed by atoms with Gasteiger partial charge in [0, 0.05) is 0 Å². The van der Waals surface area contributed by atoms with E-state index in [-0.39, 0.29) is 12.0 Å². The zero-order chi connectivity index (χ0) is 10.7. The first kappa shape index (κ1) is 9.99. The van der Waals surface area contributed by atoms with E-state index in [1.807, 2.05) is 0 Å². The molecule has 0 unspecified atom stereocenters. The first-order valence-electron chi connectivity index (χ1n) is 3.68. The Bertz CT molecular complexity index is 423. The van der Waals surface area contributed by atoms with Gasteiger partial charge in [-0.05, 0) is 17.7 Å². The molecule has 1 rings (SSSR count). The van der Waals surface area contributed by atoms with Gasteiger partial charge in [-0.1, -0.05) is 0 Å². The molecule has 1 aromatic carbocycles. The number of benzene rings is 1. The van der Waals surface area contributed by atoms with Gasteiger partial charge in [-0.2, -0.15) is 5.26 Å². The van der Waals surface area contributed by atoms with Crippen LogP contribution in [0.2, 0.25) is 0 Å². The molecule has 5 heteroatoms. The summed E-state index contributed by atoms with van der Waals surface area (Å²) in [6.45, 7) is 0. The third kappa shape index (κ3) is 1.80. The fourth-order valence-electron chi connectivity index (χ4n) is 1.01. The first-order valence-corrected chi connectivity index (χ1v) is 3.68. The minimum atomic E-state index is -1.43. The van der Waals surface area contributed by atoms with E-state index in [1.165, 1.54) is 0 Å². The molecule has 0 saturated heterocycles. The van der Waals surface area contributed by atoms with Gasteiger partial charge >= 0.3 is 5.97 Å². The summed E-state index contributed by atoms with van der Waals surface area (Å²) in [5.74, 6) is -3.37. The van der Waals surface area contributed by atoms with Crippen molar-refractivity contribution < 1.29 is 19.4 Å². The maximum atomic E-state index is 12.9. The predicted molar refractivity (Wildman–Crippen MR) is 44.3 cm³/mol. The van der Waals surface area contributed by atoms with Crippen molar-refractivity contribution >= 4 is 5.97 Å². The highest BCUT2D eigenvalue weighted by Crippen LogP contribution is 2.23. The van der Waals surface area contributed by atoms with Crippen molar-refractivity contribution in [2.24, 2.45) is 0 Å². The average Bonchev–Trinajstić information content (AvgIpc) is 2.11. The van der Waals surface area contributed by atoms with Gasteiger partial charge in [-0.25, -0.2) is 9.18 Å². The van der Waals surface area contributed by atoms with Gasteiger partial charge in [0.25, 0.3) is 0 Å². The van der Waals surface area contributed by atoms with Crippen LogP contribution in [0.25, 0.3) is 0 Å². The fraction of sp³-hybridized carbons (Fsp3) is 0.111. The number of aromatic hydroxyl groups is 1. The standard InChI is InChI=1S/C9H6FNO3/c10-7-4-5(1-2-11)3-6(8(7)12)9(13)14/h3-4,12H,1H2,(H,13,14). The summed E-state index contributed by atoms with van der Waals surface area (Å²) < 4.78 is 12.9. The summed E-state index contributed by atoms with van der Waals surface area (Å²) in [5.41, 5.74) is -0.310. The van der Waals surface area contributed by atoms with Crippen LogP contribution in [0.4, 0.5) is 4.39 Å². The third-order valence-corrected chi connectivity index (χ3v) is 1.64. The Hall–Kier alpha value is -2.09. The Labute approximate surface area is 78.8 Å². The molecule has 72 valence electrons. The molecule has 0 aromatic heterocycles. The highest BCUT2D eigenvalue weighted by molar-refractivity contribution is 5.91. The Morgan fingerprint density at radius 2 is 2.21 bits per heavy atom. The number of carboxylic acid groups (broad SMARTS) is 1. The lowest BCUT2D eigenvalue weighted by molar-refractivity contribution is 0.0692. The van der Waals surface area contributed by atoms with E-state index in [4.69, 9.17) is 15.5 Å². The summed E-state index contributed by atoms with van der Waals surface area (Å²) in [6.07, 6.45) is -0.0997. The molecule has 14 heavy (non-hydrogen) atoms. The molecule has 0 spiro atoms. The van der Waals surface area contributed by atoms with Crippen LogP contribution in [0, 0.1) is 17.1 Å². The second-order valence-electron chi connectivity index (χ2n) is 2.61. The highest BCUT2D eigenvalue weighted by Gasteiger charge is 2.15. The number of halogens is 1. The minimum absolute atomic E-state index is 0.0997. The monoisotopic (exact) mass is 195 g/mol. The van der Waals surface area contributed by atoms with E-state index in [0.29, 0.717) is 0 Å². The third-order valence-electron chi connectivity index (χ3n) is 1.64. The van der Waals surface area contributed by atoms with Crippen LogP contribution in [0.3, 0.4) is 0 Å². The van der Waals surface area contributed by atoms with E-state index >= 15 is 0 Å². The number of nitrogens with zero attached hydrogens (tertiary/aromatic N) is 1. The summed E-state index contributed by atoms with van der Waals surface area (Å²) in [4.78, 5) is 10.5. The van der Waals surface area contributed by atoms with Crippen molar-refractivity contribution in [2.75, 3.05) is 0 Å². The number of aromatic carboxylic acids is 1. The van der Waals surface area contributed by atoms with Crippen LogP contribution >= 0.6 is 0 Å². The Morgan fingerprint density at radius 3 is 2.71 bits per heavy atom. The number of hydrogen-bond acceptors (Lipinski definition) is 3. The van der Waals surface area contributed by atoms with Crippen molar-refractivity contribution in [1.82, 2.24) is 0 Å². The minimum Gasteiger partial charge on any atom is -0.504 e. The zero-order valence-electron chi connectivity index (χ0n) is 6.99. The summed E-state index contributed by atoms with van der Waals surface area (Å²) in [7, 11) is 0. The number of carboxylic acids is 1. The van der Waals surface area contributed by atoms with Crippen molar-refractivity contribution in [1.29, 1.82) is 5.26 Å². The molecule has 0 aliphatic rings. The summed E-state index contributed by atoms with van der Waals surface area (Å²) >= 11 is 0. The Balaban J connectivity index is 3.29. The average molecular weight is 195 g/mol. The quantitative estimate of drug-likeness (QED) is 0.745. The van der Waals surface area contributed by atoms with Crippen LogP contribution in [-0.2, 0) is 6.42 Å². The molecule has 1 aromatic rings. The molecule has 2 N–H and O–H groups in total. The van der Waals surface area contributed by atoms with Crippen molar-refractivity contribution in [3.05, 3.63) is 29.1 Å². The van der Waals surface area contributed by atoms with Gasteiger partial charge < -0.3 is 10.2 Å². The van der Waals surface area contributed by atoms with Crippen molar-refractivity contribution in [3.63, 3.8) is 0 Å². The maximum absolute atomic E-state index is 12.9. The molecule has 4 nitrogen and oxygen atoms in total. The second kappa shape index (κ2) is 3.75. The number of carbonyl (C=O) groups is 1. The molecular formula is C9H6FNO3. The van der Waals surface area contributed by atoms with E-state index < -0.39 is 23.1 Å². The fourth-order valence-corrected chi connectivity index (χ4v) is 1.01. The lowest BCUT2D eigenvalue weighted by Crippen LogP contribution is -2.00. The van der Waals surface area contributed by atoms with Gasteiger partial charge in [0.2, 0.25) is 0 Å². The van der Waals surface area contributed by atoms with E-state index in [1.54, 1.807) is 6.07 Å². The van der Waals surface area contributed by atoms with Gasteiger partial charge in [0.15, 0.2) is 11.6 Å². The molecule has 0 bridgehead atoms. The van der Waals surface area contributed by atoms with Gasteiger partial charge in [0.05, 0.1) is 12.5 Å². The Kier molecular flexibility index (Phi) is 2.67. The predicted octanol–water partition coefficient (Wildman–Crippen LogP) is 1.30. The first-order chi connectivity index (χ1) is 6.56. The maximum Gasteiger partial charge on any atom is 0.339 e. The van der Waals surface area contributed by atoms with Gasteiger partial charge in [-0.3, -0.25) is 0 Å². The van der Waals surface area contributed by atoms with E-state index in [2.05, 4.69) is 0 Å². The van der Waals surface area contributed by atoms with Crippen LogP contribution in [-0.4, -0.2) is 16.2 Å². The van der Waals surface area contributed by atoms with Crippen LogP contribution < -0.4 is 0 Å². The van der Waals surface area contributed by atoms with Crippen molar-refractivity contribution in [3.8, 4) is 11.8 Å². The highest BCUT2D eigenvalue weighted by atomic mass is 19.1.